The number of nitrogens with one attached hydrogen (secondary N) is 1. The largest absolute Gasteiger partial charge is 0.478 e. The number of hydrogen-bond donors (Lipinski definition) is 2. The van der Waals surface area contributed by atoms with Gasteiger partial charge in [-0.3, -0.25) is 0 Å². The predicted octanol–water partition coefficient (Wildman–Crippen LogP) is 3.18. The highest BCUT2D eigenvalue weighted by molar-refractivity contribution is 5.81. The molecule has 0 spiro atoms. The average Bonchev–Trinajstić information content (AvgIpc) is 2.16. The molecule has 0 aliphatic rings. The van der Waals surface area contributed by atoms with E-state index >= 15 is 0 Å². The highest BCUT2D eigenvalue weighted by atomic mass is 16.4. The van der Waals surface area contributed by atoms with Gasteiger partial charge in [-0.15, -0.1) is 0 Å². The molecule has 1 aromatic carbocycles. The van der Waals surface area contributed by atoms with Crippen molar-refractivity contribution in [2.24, 2.45) is 0 Å². The van der Waals surface area contributed by atoms with Crippen molar-refractivity contribution in [3.05, 3.63) is 41.6 Å². The number of anilines is 1. The van der Waals surface area contributed by atoms with Gasteiger partial charge in [0.05, 0.1) is 0 Å². The first-order chi connectivity index (χ1) is 7.61. The second-order valence-corrected chi connectivity index (χ2v) is 3.75. The quantitative estimate of drug-likeness (QED) is 0.748. The minimum atomic E-state index is -0.913. The topological polar surface area (TPSA) is 49.3 Å². The molecule has 3 heteroatoms. The molecule has 2 N–H and O–H groups in total. The van der Waals surface area contributed by atoms with E-state index in [1.54, 1.807) is 0 Å². The van der Waals surface area contributed by atoms with Crippen LogP contribution < -0.4 is 5.32 Å². The summed E-state index contributed by atoms with van der Waals surface area (Å²) in [7, 11) is 0. The summed E-state index contributed by atoms with van der Waals surface area (Å²) in [6.45, 7) is 4.03. The third-order valence-electron chi connectivity index (χ3n) is 2.14. The van der Waals surface area contributed by atoms with Gasteiger partial charge in [0.25, 0.3) is 0 Å². The maximum Gasteiger partial charge on any atom is 0.330 e. The third kappa shape index (κ3) is 4.17. The Bertz CT molecular complexity index is 397. The van der Waals surface area contributed by atoms with E-state index in [9.17, 15) is 4.79 Å². The molecular formula is C13H17NO2. The molecule has 0 aliphatic heterocycles. The zero-order valence-corrected chi connectivity index (χ0v) is 9.66. The van der Waals surface area contributed by atoms with E-state index in [-0.39, 0.29) is 0 Å². The number of aliphatic carboxylic acids is 1. The standard InChI is InChI=1S/C13H17NO2/c1-3-5-11(9-13(15)16)14-12-7-4-6-10(2)8-12/h4,6-9,14H,3,5H2,1-2H3,(H,15,16)/b11-9-. The van der Waals surface area contributed by atoms with E-state index in [0.717, 1.165) is 29.8 Å². The van der Waals surface area contributed by atoms with Crippen LogP contribution in [0.1, 0.15) is 25.3 Å². The van der Waals surface area contributed by atoms with E-state index in [1.165, 1.54) is 6.08 Å². The van der Waals surface area contributed by atoms with Crippen LogP contribution in [-0.2, 0) is 4.79 Å². The minimum Gasteiger partial charge on any atom is -0.478 e. The Kier molecular flexibility index (Phi) is 4.58. The molecule has 0 atom stereocenters. The van der Waals surface area contributed by atoms with Gasteiger partial charge in [-0.25, -0.2) is 4.79 Å². The van der Waals surface area contributed by atoms with Gasteiger partial charge < -0.3 is 10.4 Å². The monoisotopic (exact) mass is 219 g/mol. The van der Waals surface area contributed by atoms with Crippen LogP contribution in [0.4, 0.5) is 5.69 Å². The first kappa shape index (κ1) is 12.3. The summed E-state index contributed by atoms with van der Waals surface area (Å²) in [5, 5.41) is 11.9. The van der Waals surface area contributed by atoms with Gasteiger partial charge in [0.2, 0.25) is 0 Å². The number of carboxylic acid groups (broad SMARTS) is 1. The molecule has 0 saturated heterocycles. The zero-order valence-electron chi connectivity index (χ0n) is 9.66. The number of carboxylic acids is 1. The molecule has 0 heterocycles. The van der Waals surface area contributed by atoms with E-state index in [2.05, 4.69) is 5.32 Å². The molecule has 1 rings (SSSR count). The highest BCUT2D eigenvalue weighted by Crippen LogP contribution is 2.14. The van der Waals surface area contributed by atoms with Gasteiger partial charge in [0.15, 0.2) is 0 Å². The number of aryl methyl sites for hydroxylation is 1. The highest BCUT2D eigenvalue weighted by Gasteiger charge is 2.00. The molecule has 0 unspecified atom stereocenters. The molecule has 0 fully saturated rings. The van der Waals surface area contributed by atoms with Gasteiger partial charge in [-0.05, 0) is 31.0 Å². The van der Waals surface area contributed by atoms with Crippen molar-refractivity contribution in [1.82, 2.24) is 0 Å². The van der Waals surface area contributed by atoms with Crippen LogP contribution in [0.5, 0.6) is 0 Å². The van der Waals surface area contributed by atoms with Crippen molar-refractivity contribution < 1.29 is 9.90 Å². The summed E-state index contributed by atoms with van der Waals surface area (Å²) in [4.78, 5) is 10.6. The number of hydrogen-bond acceptors (Lipinski definition) is 2. The summed E-state index contributed by atoms with van der Waals surface area (Å²) in [6, 6.07) is 7.87. The van der Waals surface area contributed by atoms with Gasteiger partial charge in [0, 0.05) is 17.5 Å². The Labute approximate surface area is 95.8 Å². The number of benzene rings is 1. The Balaban J connectivity index is 2.79. The Morgan fingerprint density at radius 2 is 2.25 bits per heavy atom. The summed E-state index contributed by atoms with van der Waals surface area (Å²) >= 11 is 0. The van der Waals surface area contributed by atoms with E-state index < -0.39 is 5.97 Å². The van der Waals surface area contributed by atoms with E-state index in [4.69, 9.17) is 5.11 Å². The molecule has 16 heavy (non-hydrogen) atoms. The molecule has 1 aromatic rings. The lowest BCUT2D eigenvalue weighted by atomic mass is 10.2. The van der Waals surface area contributed by atoms with Crippen LogP contribution in [-0.4, -0.2) is 11.1 Å². The Morgan fingerprint density at radius 1 is 1.50 bits per heavy atom. The fourth-order valence-corrected chi connectivity index (χ4v) is 1.50. The minimum absolute atomic E-state index is 0.736. The summed E-state index contributed by atoms with van der Waals surface area (Å²) in [5.41, 5.74) is 2.82. The van der Waals surface area contributed by atoms with Gasteiger partial charge >= 0.3 is 5.97 Å². The maximum atomic E-state index is 10.6. The SMILES string of the molecule is CCC/C(=C/C(=O)O)Nc1cccc(C)c1. The zero-order chi connectivity index (χ0) is 12.0. The molecule has 0 aromatic heterocycles. The van der Waals surface area contributed by atoms with E-state index in [1.807, 2.05) is 38.1 Å². The number of rotatable bonds is 5. The molecule has 86 valence electrons. The Hall–Kier alpha value is -1.77. The lowest BCUT2D eigenvalue weighted by molar-refractivity contribution is -0.131. The fraction of sp³-hybridized carbons (Fsp3) is 0.308. The van der Waals surface area contributed by atoms with Crippen molar-refractivity contribution in [2.75, 3.05) is 5.32 Å². The van der Waals surface area contributed by atoms with Crippen LogP contribution in [0.2, 0.25) is 0 Å². The van der Waals surface area contributed by atoms with Crippen molar-refractivity contribution in [2.45, 2.75) is 26.7 Å². The lowest BCUT2D eigenvalue weighted by Crippen LogP contribution is -2.03. The molecular weight excluding hydrogens is 202 g/mol. The lowest BCUT2D eigenvalue weighted by Gasteiger charge is -2.10. The summed E-state index contributed by atoms with van der Waals surface area (Å²) < 4.78 is 0. The van der Waals surface area contributed by atoms with Crippen LogP contribution in [0.25, 0.3) is 0 Å². The van der Waals surface area contributed by atoms with Crippen molar-refractivity contribution in [3.63, 3.8) is 0 Å². The molecule has 0 amide bonds. The van der Waals surface area contributed by atoms with Crippen LogP contribution in [0.15, 0.2) is 36.0 Å². The third-order valence-corrected chi connectivity index (χ3v) is 2.14. The second-order valence-electron chi connectivity index (χ2n) is 3.75. The Morgan fingerprint density at radius 3 is 2.81 bits per heavy atom. The van der Waals surface area contributed by atoms with E-state index in [0.29, 0.717) is 0 Å². The first-order valence-corrected chi connectivity index (χ1v) is 5.39. The molecule has 0 saturated carbocycles. The van der Waals surface area contributed by atoms with Gasteiger partial charge in [-0.2, -0.15) is 0 Å². The van der Waals surface area contributed by atoms with Crippen LogP contribution in [0.3, 0.4) is 0 Å². The number of allylic oxidation sites excluding steroid dienone is 1. The second kappa shape index (κ2) is 5.95. The van der Waals surface area contributed by atoms with Crippen LogP contribution >= 0.6 is 0 Å². The molecule has 0 bridgehead atoms. The number of carbonyl (C=O) groups is 1. The van der Waals surface area contributed by atoms with Crippen molar-refractivity contribution in [1.29, 1.82) is 0 Å². The summed E-state index contributed by atoms with van der Waals surface area (Å²) in [6.07, 6.45) is 2.88. The first-order valence-electron chi connectivity index (χ1n) is 5.39. The maximum absolute atomic E-state index is 10.6. The molecule has 0 aliphatic carbocycles. The van der Waals surface area contributed by atoms with Gasteiger partial charge in [0.1, 0.15) is 0 Å². The van der Waals surface area contributed by atoms with Gasteiger partial charge in [-0.1, -0.05) is 25.5 Å². The average molecular weight is 219 g/mol. The molecule has 0 radical (unpaired) electrons. The fourth-order valence-electron chi connectivity index (χ4n) is 1.50. The normalized spacial score (nSPS) is 11.2. The van der Waals surface area contributed by atoms with Crippen molar-refractivity contribution >= 4 is 11.7 Å². The smallest absolute Gasteiger partial charge is 0.330 e. The van der Waals surface area contributed by atoms with Crippen LogP contribution in [0, 0.1) is 6.92 Å². The summed E-state index contributed by atoms with van der Waals surface area (Å²) in [5.74, 6) is -0.913. The van der Waals surface area contributed by atoms with Crippen molar-refractivity contribution in [3.8, 4) is 0 Å². The molecule has 3 nitrogen and oxygen atoms in total. The predicted molar refractivity (Wildman–Crippen MR) is 65.4 cm³/mol.